The number of nitrogens with zero attached hydrogens (tertiary/aromatic N) is 2. The third-order valence-corrected chi connectivity index (χ3v) is 5.87. The molecule has 1 unspecified atom stereocenters. The average Bonchev–Trinajstić information content (AvgIpc) is 3.14. The van der Waals surface area contributed by atoms with E-state index in [1.165, 1.54) is 12.1 Å². The van der Waals surface area contributed by atoms with Gasteiger partial charge in [-0.3, -0.25) is 19.2 Å². The molecule has 1 saturated heterocycles. The summed E-state index contributed by atoms with van der Waals surface area (Å²) in [5.74, 6) is -6.00. The lowest BCUT2D eigenvalue weighted by Gasteiger charge is -2.34. The SMILES string of the molecule is CC(=O)N([C@@H](CC(=O)O)C(=O)N[C@H](C(=O)O)c1ccccc1)N1C(=O)NC(Cc2ccc(CN)cc2)C1=O. The second-order valence-corrected chi connectivity index (χ2v) is 8.54. The molecule has 6 N–H and O–H groups in total. The molecule has 13 nitrogen and oxygen atoms in total. The van der Waals surface area contributed by atoms with Crippen molar-refractivity contribution < 1.29 is 39.0 Å². The minimum Gasteiger partial charge on any atom is -0.481 e. The standard InChI is InChI=1S/C25H27N5O8/c1-14(31)29(30-23(35)18(27-25(30)38)11-15-7-9-16(13-26)10-8-15)19(12-20(32)33)22(34)28-21(24(36)37)17-5-3-2-4-6-17/h2-10,18-19,21H,11-13,26H2,1H3,(H,27,38)(H,28,34)(H,32,33)(H,36,37)/t18?,19-,21-/m0/s1. The van der Waals surface area contributed by atoms with Gasteiger partial charge in [-0.2, -0.15) is 5.01 Å². The Balaban J connectivity index is 1.89. The van der Waals surface area contributed by atoms with E-state index in [0.717, 1.165) is 12.5 Å². The van der Waals surface area contributed by atoms with Gasteiger partial charge in [0, 0.05) is 19.9 Å². The van der Waals surface area contributed by atoms with Crippen LogP contribution in [0.4, 0.5) is 4.79 Å². The monoisotopic (exact) mass is 525 g/mol. The molecule has 0 radical (unpaired) electrons. The van der Waals surface area contributed by atoms with Gasteiger partial charge in [0.15, 0.2) is 6.04 Å². The van der Waals surface area contributed by atoms with Crippen LogP contribution in [-0.4, -0.2) is 68.0 Å². The number of hydrogen-bond donors (Lipinski definition) is 5. The van der Waals surface area contributed by atoms with Crippen LogP contribution < -0.4 is 16.4 Å². The number of rotatable bonds is 11. The Morgan fingerprint density at radius 1 is 1.03 bits per heavy atom. The molecule has 1 aliphatic rings. The molecule has 13 heteroatoms. The Bertz CT molecular complexity index is 1230. The maximum Gasteiger partial charge on any atom is 0.344 e. The molecule has 1 aliphatic heterocycles. The number of amides is 5. The minimum absolute atomic E-state index is 0.0581. The van der Waals surface area contributed by atoms with Crippen molar-refractivity contribution in [3.63, 3.8) is 0 Å². The van der Waals surface area contributed by atoms with E-state index in [0.29, 0.717) is 22.1 Å². The number of carbonyl (C=O) groups excluding carboxylic acids is 4. The maximum absolute atomic E-state index is 13.2. The first-order valence-corrected chi connectivity index (χ1v) is 11.6. The van der Waals surface area contributed by atoms with Crippen molar-refractivity contribution in [1.82, 2.24) is 20.7 Å². The fourth-order valence-electron chi connectivity index (χ4n) is 4.04. The van der Waals surface area contributed by atoms with Gasteiger partial charge < -0.3 is 26.6 Å². The van der Waals surface area contributed by atoms with E-state index in [4.69, 9.17) is 5.73 Å². The number of hydrogen-bond acceptors (Lipinski definition) is 7. The Hall–Kier alpha value is -4.78. The molecule has 3 atom stereocenters. The van der Waals surface area contributed by atoms with E-state index in [1.54, 1.807) is 42.5 Å². The summed E-state index contributed by atoms with van der Waals surface area (Å²) in [6.07, 6.45) is -0.947. The number of nitrogens with two attached hydrogens (primary N) is 1. The summed E-state index contributed by atoms with van der Waals surface area (Å²) in [7, 11) is 0. The third kappa shape index (κ3) is 6.31. The minimum atomic E-state index is -1.91. The van der Waals surface area contributed by atoms with Crippen LogP contribution >= 0.6 is 0 Å². The van der Waals surface area contributed by atoms with Gasteiger partial charge in [0.1, 0.15) is 12.1 Å². The first-order valence-electron chi connectivity index (χ1n) is 11.6. The number of carbonyl (C=O) groups is 6. The molecule has 1 heterocycles. The summed E-state index contributed by atoms with van der Waals surface area (Å²) < 4.78 is 0. The highest BCUT2D eigenvalue weighted by atomic mass is 16.4. The van der Waals surface area contributed by atoms with Gasteiger partial charge >= 0.3 is 18.0 Å². The molecule has 3 rings (SSSR count). The predicted molar refractivity (Wildman–Crippen MR) is 131 cm³/mol. The van der Waals surface area contributed by atoms with Crippen LogP contribution in [0.1, 0.15) is 36.1 Å². The van der Waals surface area contributed by atoms with E-state index >= 15 is 0 Å². The molecular formula is C25H27N5O8. The summed E-state index contributed by atoms with van der Waals surface area (Å²) in [6.45, 7) is 1.27. The van der Waals surface area contributed by atoms with Gasteiger partial charge in [0.25, 0.3) is 5.91 Å². The second kappa shape index (κ2) is 12.0. The molecule has 0 spiro atoms. The topological polar surface area (TPSA) is 199 Å². The highest BCUT2D eigenvalue weighted by molar-refractivity contribution is 6.06. The number of hydrazine groups is 1. The molecule has 0 aliphatic carbocycles. The van der Waals surface area contributed by atoms with Crippen molar-refractivity contribution in [1.29, 1.82) is 0 Å². The quantitative estimate of drug-likeness (QED) is 0.253. The highest BCUT2D eigenvalue weighted by Crippen LogP contribution is 2.21. The van der Waals surface area contributed by atoms with Crippen molar-refractivity contribution in [3.05, 3.63) is 71.3 Å². The zero-order valence-corrected chi connectivity index (χ0v) is 20.4. The van der Waals surface area contributed by atoms with E-state index in [1.807, 2.05) is 0 Å². The van der Waals surface area contributed by atoms with Crippen LogP contribution in [-0.2, 0) is 36.9 Å². The normalized spacial score (nSPS) is 16.4. The maximum atomic E-state index is 13.2. The fraction of sp³-hybridized carbons (Fsp3) is 0.280. The van der Waals surface area contributed by atoms with Gasteiger partial charge in [-0.25, -0.2) is 14.6 Å². The molecule has 2 aromatic rings. The average molecular weight is 526 g/mol. The molecule has 0 bridgehead atoms. The van der Waals surface area contributed by atoms with Crippen molar-refractivity contribution in [2.75, 3.05) is 0 Å². The van der Waals surface area contributed by atoms with Gasteiger partial charge in [0.2, 0.25) is 11.8 Å². The summed E-state index contributed by atoms with van der Waals surface area (Å²) in [6, 6.07) is 8.95. The Morgan fingerprint density at radius 3 is 2.16 bits per heavy atom. The molecule has 0 saturated carbocycles. The lowest BCUT2D eigenvalue weighted by atomic mass is 10.0. The van der Waals surface area contributed by atoms with Crippen LogP contribution in [0.2, 0.25) is 0 Å². The molecular weight excluding hydrogens is 498 g/mol. The third-order valence-electron chi connectivity index (χ3n) is 5.87. The Labute approximate surface area is 217 Å². The largest absolute Gasteiger partial charge is 0.481 e. The number of nitrogens with one attached hydrogen (secondary N) is 2. The highest BCUT2D eigenvalue weighted by Gasteiger charge is 2.47. The van der Waals surface area contributed by atoms with Crippen molar-refractivity contribution >= 4 is 35.7 Å². The summed E-state index contributed by atoms with van der Waals surface area (Å²) in [5, 5.41) is 24.6. The number of aliphatic carboxylic acids is 2. The van der Waals surface area contributed by atoms with Gasteiger partial charge in [-0.05, 0) is 16.7 Å². The molecule has 0 aromatic heterocycles. The number of carboxylic acids is 2. The molecule has 5 amide bonds. The van der Waals surface area contributed by atoms with Crippen LogP contribution in [0.25, 0.3) is 0 Å². The second-order valence-electron chi connectivity index (χ2n) is 8.54. The zero-order valence-electron chi connectivity index (χ0n) is 20.4. The smallest absolute Gasteiger partial charge is 0.344 e. The summed E-state index contributed by atoms with van der Waals surface area (Å²) in [5.41, 5.74) is 7.32. The molecule has 38 heavy (non-hydrogen) atoms. The van der Waals surface area contributed by atoms with Gasteiger partial charge in [-0.1, -0.05) is 54.6 Å². The van der Waals surface area contributed by atoms with Crippen LogP contribution in [0.5, 0.6) is 0 Å². The number of carboxylic acid groups (broad SMARTS) is 2. The van der Waals surface area contributed by atoms with Crippen molar-refractivity contribution in [2.45, 2.75) is 44.4 Å². The molecule has 1 fully saturated rings. The lowest BCUT2D eigenvalue weighted by Crippen LogP contribution is -2.60. The predicted octanol–water partition coefficient (Wildman–Crippen LogP) is 0.157. The Morgan fingerprint density at radius 2 is 1.63 bits per heavy atom. The van der Waals surface area contributed by atoms with E-state index in [2.05, 4.69) is 10.6 Å². The summed E-state index contributed by atoms with van der Waals surface area (Å²) in [4.78, 5) is 75.3. The number of imide groups is 1. The summed E-state index contributed by atoms with van der Waals surface area (Å²) >= 11 is 0. The zero-order chi connectivity index (χ0) is 28.0. The lowest BCUT2D eigenvalue weighted by molar-refractivity contribution is -0.165. The van der Waals surface area contributed by atoms with Crippen molar-refractivity contribution in [3.8, 4) is 0 Å². The first-order chi connectivity index (χ1) is 18.0. The molecule has 2 aromatic carbocycles. The van der Waals surface area contributed by atoms with Crippen LogP contribution in [0.3, 0.4) is 0 Å². The van der Waals surface area contributed by atoms with Crippen molar-refractivity contribution in [2.24, 2.45) is 5.73 Å². The van der Waals surface area contributed by atoms with Crippen LogP contribution in [0.15, 0.2) is 54.6 Å². The van der Waals surface area contributed by atoms with E-state index < -0.39 is 60.2 Å². The van der Waals surface area contributed by atoms with Crippen LogP contribution in [0, 0.1) is 0 Å². The Kier molecular flexibility index (Phi) is 8.76. The van der Waals surface area contributed by atoms with Gasteiger partial charge in [-0.15, -0.1) is 0 Å². The number of benzene rings is 2. The molecule has 200 valence electrons. The first kappa shape index (κ1) is 27.8. The van der Waals surface area contributed by atoms with Gasteiger partial charge in [0.05, 0.1) is 6.42 Å². The van der Waals surface area contributed by atoms with E-state index in [9.17, 15) is 39.0 Å². The fourth-order valence-corrected chi connectivity index (χ4v) is 4.04. The number of urea groups is 1. The van der Waals surface area contributed by atoms with E-state index in [-0.39, 0.29) is 12.0 Å².